The van der Waals surface area contributed by atoms with Gasteiger partial charge in [-0.3, -0.25) is 9.59 Å². The molecule has 8 nitrogen and oxygen atoms in total. The molecule has 0 atom stereocenters. The van der Waals surface area contributed by atoms with Crippen molar-refractivity contribution >= 4 is 24.0 Å². The fourth-order valence-corrected chi connectivity index (χ4v) is 3.64. The summed E-state index contributed by atoms with van der Waals surface area (Å²) in [4.78, 5) is 25.0. The first-order valence-electron chi connectivity index (χ1n) is 12.4. The highest BCUT2D eigenvalue weighted by Crippen LogP contribution is 2.25. The Kier molecular flexibility index (Phi) is 9.77. The van der Waals surface area contributed by atoms with Crippen LogP contribution < -0.4 is 18.9 Å². The largest absolute Gasteiger partial charge is 0.497 e. The first-order chi connectivity index (χ1) is 19.6. The van der Waals surface area contributed by atoms with E-state index in [9.17, 15) is 9.59 Å². The van der Waals surface area contributed by atoms with E-state index in [1.165, 1.54) is 12.4 Å². The van der Waals surface area contributed by atoms with E-state index in [-0.39, 0.29) is 24.8 Å². The van der Waals surface area contributed by atoms with Crippen molar-refractivity contribution in [1.29, 1.82) is 0 Å². The van der Waals surface area contributed by atoms with Gasteiger partial charge in [-0.25, -0.2) is 0 Å². The minimum atomic E-state index is -0.151. The molecule has 0 heterocycles. The van der Waals surface area contributed by atoms with Crippen LogP contribution in [0.4, 0.5) is 0 Å². The minimum Gasteiger partial charge on any atom is -0.497 e. The van der Waals surface area contributed by atoms with Gasteiger partial charge in [-0.05, 0) is 24.3 Å². The monoisotopic (exact) mass is 536 g/mol. The molecular weight excluding hydrogens is 508 g/mol. The Labute approximate surface area is 232 Å². The molecule has 0 bridgehead atoms. The second-order valence-corrected chi connectivity index (χ2v) is 8.45. The normalized spacial score (nSPS) is 10.9. The van der Waals surface area contributed by atoms with Crippen molar-refractivity contribution in [3.05, 3.63) is 119 Å². The molecular formula is C32H28N2O6. The van der Waals surface area contributed by atoms with Crippen molar-refractivity contribution in [1.82, 2.24) is 0 Å². The molecule has 0 radical (unpaired) electrons. The molecule has 4 rings (SSSR count). The average Bonchev–Trinajstić information content (AvgIpc) is 3.02. The highest BCUT2D eigenvalue weighted by molar-refractivity contribution is 5.98. The molecule has 0 fully saturated rings. The molecule has 8 heteroatoms. The minimum absolute atomic E-state index is 0.143. The Hall–Kier alpha value is -5.24. The van der Waals surface area contributed by atoms with Gasteiger partial charge in [-0.15, -0.1) is 0 Å². The van der Waals surface area contributed by atoms with Crippen LogP contribution in [0.3, 0.4) is 0 Å². The number of rotatable bonds is 13. The molecule has 0 spiro atoms. The topological polar surface area (TPSA) is 95.8 Å². The molecule has 0 aliphatic heterocycles. The number of Topliss-reactive ketones (excluding diaryl/α,β-unsaturated/α-hetero) is 2. The molecule has 4 aromatic carbocycles. The van der Waals surface area contributed by atoms with Crippen LogP contribution in [0.1, 0.15) is 31.8 Å². The van der Waals surface area contributed by atoms with Crippen molar-refractivity contribution in [2.24, 2.45) is 10.2 Å². The number of carbonyl (C=O) groups excluding carboxylic acids is 2. The lowest BCUT2D eigenvalue weighted by molar-refractivity contribution is 0.0914. The first-order valence-corrected chi connectivity index (χ1v) is 12.4. The summed E-state index contributed by atoms with van der Waals surface area (Å²) in [5.41, 5.74) is 2.35. The number of ether oxygens (including phenoxy) is 4. The van der Waals surface area contributed by atoms with Crippen LogP contribution in [-0.2, 0) is 0 Å². The van der Waals surface area contributed by atoms with E-state index in [0.717, 1.165) is 0 Å². The maximum atomic E-state index is 12.5. The summed E-state index contributed by atoms with van der Waals surface area (Å²) in [7, 11) is 3.10. The number of benzene rings is 4. The molecule has 0 saturated heterocycles. The number of hydrogen-bond acceptors (Lipinski definition) is 8. The van der Waals surface area contributed by atoms with Crippen molar-refractivity contribution in [3.63, 3.8) is 0 Å². The third-order valence-electron chi connectivity index (χ3n) is 5.81. The van der Waals surface area contributed by atoms with Gasteiger partial charge in [0.2, 0.25) is 0 Å². The number of nitrogens with zero attached hydrogens (tertiary/aromatic N) is 2. The Morgan fingerprint density at radius 1 is 0.600 bits per heavy atom. The van der Waals surface area contributed by atoms with Crippen LogP contribution in [0.15, 0.2) is 107 Å². The summed E-state index contributed by atoms with van der Waals surface area (Å²) in [6.45, 7) is -0.287. The van der Waals surface area contributed by atoms with Crippen molar-refractivity contribution < 1.29 is 28.5 Å². The smallest absolute Gasteiger partial charge is 0.200 e. The lowest BCUT2D eigenvalue weighted by atomic mass is 10.1. The highest BCUT2D eigenvalue weighted by atomic mass is 16.5. The van der Waals surface area contributed by atoms with E-state index >= 15 is 0 Å². The zero-order valence-electron chi connectivity index (χ0n) is 22.2. The van der Waals surface area contributed by atoms with Gasteiger partial charge in [0.1, 0.15) is 23.0 Å². The van der Waals surface area contributed by atoms with Gasteiger partial charge in [-0.2, -0.15) is 10.2 Å². The molecule has 0 amide bonds. The summed E-state index contributed by atoms with van der Waals surface area (Å²) < 4.78 is 22.2. The SMILES string of the molecule is COc1ccc(/C=N/N=C/c2ccc(OC)cc2OCC(=O)c2ccccc2)c(OCC(=O)c2ccccc2)c1. The third-order valence-corrected chi connectivity index (χ3v) is 5.81. The maximum absolute atomic E-state index is 12.5. The van der Waals surface area contributed by atoms with Gasteiger partial charge in [0.15, 0.2) is 24.8 Å². The average molecular weight is 537 g/mol. The molecule has 0 saturated carbocycles. The Balaban J connectivity index is 1.46. The first kappa shape index (κ1) is 27.8. The van der Waals surface area contributed by atoms with Crippen molar-refractivity contribution in [2.45, 2.75) is 0 Å². The second kappa shape index (κ2) is 14.1. The van der Waals surface area contributed by atoms with Gasteiger partial charge in [0.05, 0.1) is 26.6 Å². The van der Waals surface area contributed by atoms with Crippen LogP contribution in [0.2, 0.25) is 0 Å². The van der Waals surface area contributed by atoms with Crippen molar-refractivity contribution in [3.8, 4) is 23.0 Å². The van der Waals surface area contributed by atoms with E-state index in [1.54, 1.807) is 99.1 Å². The summed E-state index contributed by atoms with van der Waals surface area (Å²) in [5.74, 6) is 1.70. The zero-order valence-corrected chi connectivity index (χ0v) is 22.2. The number of methoxy groups -OCH3 is 2. The van der Waals surface area contributed by atoms with E-state index < -0.39 is 0 Å². The summed E-state index contributed by atoms with van der Waals surface area (Å²) >= 11 is 0. The molecule has 0 aliphatic carbocycles. The fourth-order valence-electron chi connectivity index (χ4n) is 3.64. The van der Waals surface area contributed by atoms with Crippen LogP contribution in [-0.4, -0.2) is 51.4 Å². The van der Waals surface area contributed by atoms with Gasteiger partial charge in [0, 0.05) is 34.4 Å². The second-order valence-electron chi connectivity index (χ2n) is 8.45. The molecule has 0 aromatic heterocycles. The molecule has 40 heavy (non-hydrogen) atoms. The molecule has 0 N–H and O–H groups in total. The maximum Gasteiger partial charge on any atom is 0.200 e. The highest BCUT2D eigenvalue weighted by Gasteiger charge is 2.11. The number of carbonyl (C=O) groups is 2. The van der Waals surface area contributed by atoms with Crippen LogP contribution in [0.25, 0.3) is 0 Å². The van der Waals surface area contributed by atoms with Gasteiger partial charge in [-0.1, -0.05) is 60.7 Å². The van der Waals surface area contributed by atoms with E-state index in [2.05, 4.69) is 10.2 Å². The van der Waals surface area contributed by atoms with Crippen molar-refractivity contribution in [2.75, 3.05) is 27.4 Å². The fraction of sp³-hybridized carbons (Fsp3) is 0.125. The van der Waals surface area contributed by atoms with Crippen LogP contribution >= 0.6 is 0 Å². The predicted molar refractivity (Wildman–Crippen MR) is 154 cm³/mol. The molecule has 0 unspecified atom stereocenters. The molecule has 0 aliphatic rings. The molecule has 4 aromatic rings. The van der Waals surface area contributed by atoms with Crippen LogP contribution in [0.5, 0.6) is 23.0 Å². The lowest BCUT2D eigenvalue weighted by Gasteiger charge is -2.10. The van der Waals surface area contributed by atoms with Crippen LogP contribution in [0, 0.1) is 0 Å². The van der Waals surface area contributed by atoms with E-state index in [4.69, 9.17) is 18.9 Å². The van der Waals surface area contributed by atoms with Gasteiger partial charge in [0.25, 0.3) is 0 Å². The number of ketones is 2. The predicted octanol–water partition coefficient (Wildman–Crippen LogP) is 5.68. The van der Waals surface area contributed by atoms with E-state index in [0.29, 0.717) is 45.3 Å². The summed E-state index contributed by atoms with van der Waals surface area (Å²) in [6.07, 6.45) is 3.03. The summed E-state index contributed by atoms with van der Waals surface area (Å²) in [6, 6.07) is 28.3. The van der Waals surface area contributed by atoms with E-state index in [1.807, 2.05) is 12.1 Å². The Morgan fingerprint density at radius 2 is 1.00 bits per heavy atom. The zero-order chi connectivity index (χ0) is 28.2. The number of hydrogen-bond donors (Lipinski definition) is 0. The third kappa shape index (κ3) is 7.64. The standard InChI is InChI=1S/C32H28N2O6/c1-37-27-15-13-25(31(17-27)39-21-29(35)23-9-5-3-6-10-23)19-33-34-20-26-14-16-28(38-2)18-32(26)40-22-30(36)24-11-7-4-8-12-24/h3-20H,21-22H2,1-2H3/b33-19+,34-20+. The quantitative estimate of drug-likeness (QED) is 0.124. The Morgan fingerprint density at radius 3 is 1.38 bits per heavy atom. The Bertz CT molecular complexity index is 1390. The van der Waals surface area contributed by atoms with Gasteiger partial charge >= 0.3 is 0 Å². The summed E-state index contributed by atoms with van der Waals surface area (Å²) in [5, 5.41) is 8.30. The molecule has 202 valence electrons. The van der Waals surface area contributed by atoms with Gasteiger partial charge < -0.3 is 18.9 Å². The lowest BCUT2D eigenvalue weighted by Crippen LogP contribution is -2.12.